The highest BCUT2D eigenvalue weighted by molar-refractivity contribution is 5.82. The van der Waals surface area contributed by atoms with E-state index in [0.29, 0.717) is 0 Å². The second-order valence-electron chi connectivity index (χ2n) is 9.37. The molecule has 5 heterocycles. The summed E-state index contributed by atoms with van der Waals surface area (Å²) in [5.74, 6) is 0. The average molecular weight is 476 g/mol. The van der Waals surface area contributed by atoms with Crippen molar-refractivity contribution in [2.24, 2.45) is 0 Å². The van der Waals surface area contributed by atoms with E-state index < -0.39 is 0 Å². The van der Waals surface area contributed by atoms with Gasteiger partial charge in [-0.1, -0.05) is 36.4 Å². The first-order valence-corrected chi connectivity index (χ1v) is 12.4. The van der Waals surface area contributed by atoms with E-state index in [0.717, 1.165) is 83.7 Å². The van der Waals surface area contributed by atoms with Gasteiger partial charge >= 0.3 is 0 Å². The fourth-order valence-electron chi connectivity index (χ4n) is 4.87. The van der Waals surface area contributed by atoms with Crippen LogP contribution in [0.15, 0.2) is 79.1 Å². The van der Waals surface area contributed by atoms with Gasteiger partial charge in [-0.2, -0.15) is 0 Å². The Morgan fingerprint density at radius 3 is 2.47 bits per heavy atom. The number of hydrogen-bond acceptors (Lipinski definition) is 5. The zero-order valence-corrected chi connectivity index (χ0v) is 20.7. The highest BCUT2D eigenvalue weighted by atomic mass is 16.5. The summed E-state index contributed by atoms with van der Waals surface area (Å²) >= 11 is 0. The number of hydrogen-bond donors (Lipinski definition) is 0. The Balaban J connectivity index is 1.39. The predicted octanol–water partition coefficient (Wildman–Crippen LogP) is 5.57. The molecular weight excluding hydrogens is 446 g/mol. The van der Waals surface area contributed by atoms with Crippen LogP contribution in [0.1, 0.15) is 16.8 Å². The molecule has 4 aromatic heterocycles. The highest BCUT2D eigenvalue weighted by Gasteiger charge is 2.19. The number of ether oxygens (including phenoxy) is 1. The van der Waals surface area contributed by atoms with E-state index in [2.05, 4.69) is 71.0 Å². The van der Waals surface area contributed by atoms with Crippen LogP contribution in [0.3, 0.4) is 0 Å². The van der Waals surface area contributed by atoms with Gasteiger partial charge in [0.15, 0.2) is 0 Å². The number of imidazole rings is 1. The molecular formula is C30H29N5O. The van der Waals surface area contributed by atoms with Gasteiger partial charge in [0.05, 0.1) is 30.3 Å². The Kier molecular flexibility index (Phi) is 6.05. The van der Waals surface area contributed by atoms with Gasteiger partial charge in [-0.3, -0.25) is 19.3 Å². The molecule has 0 amide bonds. The summed E-state index contributed by atoms with van der Waals surface area (Å²) in [7, 11) is 0. The second kappa shape index (κ2) is 9.64. The molecule has 0 unspecified atom stereocenters. The number of aromatic nitrogens is 4. The van der Waals surface area contributed by atoms with Crippen molar-refractivity contribution < 1.29 is 4.74 Å². The van der Waals surface area contributed by atoms with E-state index >= 15 is 0 Å². The SMILES string of the molecule is Cc1cccc(-c2nc3c(C)cccn3c2-c2ccnc(-c3ccc(CN4CCOCC4)cc3)c2)n1. The summed E-state index contributed by atoms with van der Waals surface area (Å²) in [4.78, 5) is 17.0. The molecule has 180 valence electrons. The van der Waals surface area contributed by atoms with Crippen molar-refractivity contribution in [1.82, 2.24) is 24.3 Å². The molecule has 1 aliphatic rings. The molecule has 0 aliphatic carbocycles. The van der Waals surface area contributed by atoms with Crippen LogP contribution in [0, 0.1) is 13.8 Å². The van der Waals surface area contributed by atoms with Gasteiger partial charge in [-0.25, -0.2) is 4.98 Å². The number of nitrogens with zero attached hydrogens (tertiary/aromatic N) is 5. The number of benzene rings is 1. The van der Waals surface area contributed by atoms with Crippen molar-refractivity contribution in [2.45, 2.75) is 20.4 Å². The maximum atomic E-state index is 5.47. The molecule has 6 nitrogen and oxygen atoms in total. The average Bonchev–Trinajstić information content (AvgIpc) is 3.31. The number of morpholine rings is 1. The van der Waals surface area contributed by atoms with Gasteiger partial charge < -0.3 is 4.74 Å². The molecule has 0 N–H and O–H groups in total. The molecule has 6 rings (SSSR count). The summed E-state index contributed by atoms with van der Waals surface area (Å²) in [5.41, 5.74) is 10.2. The zero-order valence-electron chi connectivity index (χ0n) is 20.7. The molecule has 5 aromatic rings. The van der Waals surface area contributed by atoms with Crippen LogP contribution in [0.2, 0.25) is 0 Å². The Morgan fingerprint density at radius 1 is 0.833 bits per heavy atom. The van der Waals surface area contributed by atoms with Gasteiger partial charge in [0, 0.05) is 48.8 Å². The maximum absolute atomic E-state index is 5.47. The smallest absolute Gasteiger partial charge is 0.140 e. The molecule has 1 saturated heterocycles. The summed E-state index contributed by atoms with van der Waals surface area (Å²) in [6.45, 7) is 8.67. The fraction of sp³-hybridized carbons (Fsp3) is 0.233. The quantitative estimate of drug-likeness (QED) is 0.332. The lowest BCUT2D eigenvalue weighted by atomic mass is 10.0. The first-order valence-electron chi connectivity index (χ1n) is 12.4. The maximum Gasteiger partial charge on any atom is 0.140 e. The van der Waals surface area contributed by atoms with E-state index in [9.17, 15) is 0 Å². The third kappa shape index (κ3) is 4.41. The van der Waals surface area contributed by atoms with Gasteiger partial charge in [0.2, 0.25) is 0 Å². The second-order valence-corrected chi connectivity index (χ2v) is 9.37. The normalized spacial score (nSPS) is 14.4. The topological polar surface area (TPSA) is 55.5 Å². The lowest BCUT2D eigenvalue weighted by Crippen LogP contribution is -2.35. The molecule has 0 bridgehead atoms. The number of pyridine rings is 3. The third-order valence-electron chi connectivity index (χ3n) is 6.77. The van der Waals surface area contributed by atoms with Crippen molar-refractivity contribution >= 4 is 5.65 Å². The van der Waals surface area contributed by atoms with E-state index in [1.807, 2.05) is 31.3 Å². The summed E-state index contributed by atoms with van der Waals surface area (Å²) in [6, 6.07) is 23.2. The monoisotopic (exact) mass is 475 g/mol. The van der Waals surface area contributed by atoms with Crippen molar-refractivity contribution in [1.29, 1.82) is 0 Å². The molecule has 0 saturated carbocycles. The molecule has 1 aliphatic heterocycles. The Labute approximate surface area is 211 Å². The zero-order chi connectivity index (χ0) is 24.5. The Bertz CT molecular complexity index is 1520. The lowest BCUT2D eigenvalue weighted by Gasteiger charge is -2.26. The van der Waals surface area contributed by atoms with Crippen molar-refractivity contribution in [2.75, 3.05) is 26.3 Å². The van der Waals surface area contributed by atoms with Crippen LogP contribution in [-0.4, -0.2) is 50.6 Å². The summed E-state index contributed by atoms with van der Waals surface area (Å²) < 4.78 is 7.64. The molecule has 1 aromatic carbocycles. The van der Waals surface area contributed by atoms with Crippen LogP contribution in [0.5, 0.6) is 0 Å². The minimum Gasteiger partial charge on any atom is -0.379 e. The predicted molar refractivity (Wildman–Crippen MR) is 143 cm³/mol. The fourth-order valence-corrected chi connectivity index (χ4v) is 4.87. The van der Waals surface area contributed by atoms with Gasteiger partial charge in [0.1, 0.15) is 11.3 Å². The minimum atomic E-state index is 0.817. The molecule has 0 atom stereocenters. The molecule has 1 fully saturated rings. The standard InChI is InChI=1S/C30H29N5O/c1-21-5-4-14-35-29(28(33-30(21)35)26-7-3-6-22(2)32-26)25-12-13-31-27(19-25)24-10-8-23(9-11-24)20-34-15-17-36-18-16-34/h3-14,19H,15-18,20H2,1-2H3. The lowest BCUT2D eigenvalue weighted by molar-refractivity contribution is 0.0342. The number of fused-ring (bicyclic) bond motifs is 1. The number of rotatable bonds is 5. The molecule has 0 radical (unpaired) electrons. The molecule has 6 heteroatoms. The van der Waals surface area contributed by atoms with E-state index in [-0.39, 0.29) is 0 Å². The first kappa shape index (κ1) is 22.6. The van der Waals surface area contributed by atoms with Crippen LogP contribution >= 0.6 is 0 Å². The summed E-state index contributed by atoms with van der Waals surface area (Å²) in [5, 5.41) is 0. The van der Waals surface area contributed by atoms with E-state index in [1.165, 1.54) is 5.56 Å². The number of aryl methyl sites for hydroxylation is 2. The Morgan fingerprint density at radius 2 is 1.67 bits per heavy atom. The Hall–Kier alpha value is -3.87. The molecule has 36 heavy (non-hydrogen) atoms. The molecule has 0 spiro atoms. The van der Waals surface area contributed by atoms with Gasteiger partial charge in [-0.15, -0.1) is 0 Å². The van der Waals surface area contributed by atoms with E-state index in [4.69, 9.17) is 19.7 Å². The summed E-state index contributed by atoms with van der Waals surface area (Å²) in [6.07, 6.45) is 3.96. The third-order valence-corrected chi connectivity index (χ3v) is 6.77. The van der Waals surface area contributed by atoms with Crippen molar-refractivity contribution in [3.05, 3.63) is 95.9 Å². The van der Waals surface area contributed by atoms with Gasteiger partial charge in [0.25, 0.3) is 0 Å². The van der Waals surface area contributed by atoms with Crippen molar-refractivity contribution in [3.8, 4) is 33.9 Å². The van der Waals surface area contributed by atoms with Crippen LogP contribution in [0.4, 0.5) is 0 Å². The van der Waals surface area contributed by atoms with Crippen LogP contribution < -0.4 is 0 Å². The van der Waals surface area contributed by atoms with Crippen LogP contribution in [0.25, 0.3) is 39.5 Å². The highest BCUT2D eigenvalue weighted by Crippen LogP contribution is 2.34. The van der Waals surface area contributed by atoms with Crippen molar-refractivity contribution in [3.63, 3.8) is 0 Å². The first-order chi connectivity index (χ1) is 17.7. The van der Waals surface area contributed by atoms with Gasteiger partial charge in [-0.05, 0) is 55.3 Å². The van der Waals surface area contributed by atoms with Crippen LogP contribution in [-0.2, 0) is 11.3 Å². The largest absolute Gasteiger partial charge is 0.379 e. The minimum absolute atomic E-state index is 0.817. The van der Waals surface area contributed by atoms with E-state index in [1.54, 1.807) is 0 Å².